The maximum atomic E-state index is 13.2. The second-order valence-electron chi connectivity index (χ2n) is 5.85. The van der Waals surface area contributed by atoms with Gasteiger partial charge in [0.15, 0.2) is 0 Å². The first-order chi connectivity index (χ1) is 8.48. The zero-order valence-electron chi connectivity index (χ0n) is 10.5. The van der Waals surface area contributed by atoms with E-state index in [9.17, 15) is 8.78 Å². The maximum absolute atomic E-state index is 13.2. The summed E-state index contributed by atoms with van der Waals surface area (Å²) in [6.45, 7) is 5.05. The lowest BCUT2D eigenvalue weighted by Crippen LogP contribution is -2.63. The predicted molar refractivity (Wildman–Crippen MR) is 65.4 cm³/mol. The highest BCUT2D eigenvalue weighted by Crippen LogP contribution is 2.53. The first-order valence-electron chi connectivity index (χ1n) is 6.33. The summed E-state index contributed by atoms with van der Waals surface area (Å²) in [5.41, 5.74) is 0.514. The third kappa shape index (κ3) is 1.70. The molecule has 0 amide bonds. The standard InChI is InChI=1S/C14H17F2NO/c1-14(2)12(11-3-4-18-13(11)14)17-10-6-8(15)5-9(16)7-10/h5-7,11-13,17H,3-4H2,1-2H3. The van der Waals surface area contributed by atoms with E-state index in [4.69, 9.17) is 4.74 Å². The molecular formula is C14H17F2NO. The quantitative estimate of drug-likeness (QED) is 0.874. The Hall–Kier alpha value is -1.16. The molecule has 1 aliphatic carbocycles. The average molecular weight is 253 g/mol. The molecule has 1 saturated carbocycles. The Morgan fingerprint density at radius 2 is 1.89 bits per heavy atom. The highest BCUT2D eigenvalue weighted by molar-refractivity contribution is 5.46. The smallest absolute Gasteiger partial charge is 0.128 e. The number of nitrogens with one attached hydrogen (secondary N) is 1. The van der Waals surface area contributed by atoms with Gasteiger partial charge in [-0.05, 0) is 18.6 Å². The summed E-state index contributed by atoms with van der Waals surface area (Å²) in [7, 11) is 0. The van der Waals surface area contributed by atoms with Crippen LogP contribution < -0.4 is 5.32 Å². The Kier molecular flexibility index (Phi) is 2.59. The van der Waals surface area contributed by atoms with E-state index in [2.05, 4.69) is 19.2 Å². The molecule has 3 atom stereocenters. The predicted octanol–water partition coefficient (Wildman–Crippen LogP) is 3.19. The van der Waals surface area contributed by atoms with E-state index in [-0.39, 0.29) is 17.6 Å². The largest absolute Gasteiger partial charge is 0.381 e. The van der Waals surface area contributed by atoms with Crippen LogP contribution >= 0.6 is 0 Å². The molecule has 18 heavy (non-hydrogen) atoms. The van der Waals surface area contributed by atoms with Gasteiger partial charge in [0.25, 0.3) is 0 Å². The van der Waals surface area contributed by atoms with Crippen molar-refractivity contribution < 1.29 is 13.5 Å². The molecule has 1 aromatic rings. The van der Waals surface area contributed by atoms with Crippen LogP contribution in [0.2, 0.25) is 0 Å². The molecule has 4 heteroatoms. The molecule has 3 rings (SSSR count). The Morgan fingerprint density at radius 1 is 1.22 bits per heavy atom. The molecule has 98 valence electrons. The normalized spacial score (nSPS) is 32.8. The van der Waals surface area contributed by atoms with Crippen LogP contribution in [0, 0.1) is 23.0 Å². The fraction of sp³-hybridized carbons (Fsp3) is 0.571. The number of hydrogen-bond donors (Lipinski definition) is 1. The molecule has 2 aliphatic rings. The second-order valence-corrected chi connectivity index (χ2v) is 5.85. The molecule has 2 fully saturated rings. The lowest BCUT2D eigenvalue weighted by atomic mass is 9.57. The van der Waals surface area contributed by atoms with E-state index < -0.39 is 11.6 Å². The van der Waals surface area contributed by atoms with Crippen molar-refractivity contribution in [2.45, 2.75) is 32.4 Å². The van der Waals surface area contributed by atoms with E-state index >= 15 is 0 Å². The number of hydrogen-bond acceptors (Lipinski definition) is 2. The summed E-state index contributed by atoms with van der Waals surface area (Å²) in [5, 5.41) is 3.26. The number of ether oxygens (including phenoxy) is 1. The van der Waals surface area contributed by atoms with Crippen LogP contribution in [0.3, 0.4) is 0 Å². The van der Waals surface area contributed by atoms with Gasteiger partial charge in [0.2, 0.25) is 0 Å². The molecule has 1 heterocycles. The second kappa shape index (κ2) is 3.92. The minimum absolute atomic E-state index is 0.00393. The number of rotatable bonds is 2. The molecular weight excluding hydrogens is 236 g/mol. The lowest BCUT2D eigenvalue weighted by molar-refractivity contribution is -0.0923. The number of halogens is 2. The Balaban J connectivity index is 1.80. The van der Waals surface area contributed by atoms with Gasteiger partial charge in [-0.2, -0.15) is 0 Å². The van der Waals surface area contributed by atoms with Crippen LogP contribution in [-0.2, 0) is 4.74 Å². The Bertz CT molecular complexity index is 455. The third-order valence-corrected chi connectivity index (χ3v) is 4.29. The maximum Gasteiger partial charge on any atom is 0.128 e. The fourth-order valence-electron chi connectivity index (χ4n) is 3.43. The Labute approximate surface area is 105 Å². The van der Waals surface area contributed by atoms with Crippen molar-refractivity contribution in [3.05, 3.63) is 29.8 Å². The lowest BCUT2D eigenvalue weighted by Gasteiger charge is -2.55. The molecule has 2 nitrogen and oxygen atoms in total. The van der Waals surface area contributed by atoms with Crippen LogP contribution in [0.1, 0.15) is 20.3 Å². The van der Waals surface area contributed by atoms with Gasteiger partial charge >= 0.3 is 0 Å². The molecule has 0 aromatic heterocycles. The van der Waals surface area contributed by atoms with Crippen molar-refractivity contribution in [1.29, 1.82) is 0 Å². The van der Waals surface area contributed by atoms with E-state index in [0.717, 1.165) is 19.1 Å². The van der Waals surface area contributed by atoms with Gasteiger partial charge in [0.1, 0.15) is 11.6 Å². The third-order valence-electron chi connectivity index (χ3n) is 4.29. The number of fused-ring (bicyclic) bond motifs is 1. The average Bonchev–Trinajstić information content (AvgIpc) is 2.71. The molecule has 0 bridgehead atoms. The van der Waals surface area contributed by atoms with Gasteiger partial charge in [0.05, 0.1) is 6.10 Å². The summed E-state index contributed by atoms with van der Waals surface area (Å²) in [4.78, 5) is 0. The highest BCUT2D eigenvalue weighted by Gasteiger charge is 2.59. The van der Waals surface area contributed by atoms with E-state index in [1.54, 1.807) is 0 Å². The summed E-state index contributed by atoms with van der Waals surface area (Å²) < 4.78 is 32.0. The van der Waals surface area contributed by atoms with Crippen LogP contribution in [-0.4, -0.2) is 18.8 Å². The number of anilines is 1. The minimum atomic E-state index is -0.547. The first-order valence-corrected chi connectivity index (χ1v) is 6.33. The van der Waals surface area contributed by atoms with Crippen molar-refractivity contribution in [2.24, 2.45) is 11.3 Å². The number of benzene rings is 1. The molecule has 0 spiro atoms. The van der Waals surface area contributed by atoms with E-state index in [1.807, 2.05) is 0 Å². The molecule has 3 unspecified atom stereocenters. The monoisotopic (exact) mass is 253 g/mol. The highest BCUT2D eigenvalue weighted by atomic mass is 19.1. The topological polar surface area (TPSA) is 21.3 Å². The molecule has 1 aliphatic heterocycles. The van der Waals surface area contributed by atoms with Crippen molar-refractivity contribution in [3.63, 3.8) is 0 Å². The summed E-state index contributed by atoms with van der Waals surface area (Å²) in [5.74, 6) is -0.644. The first kappa shape index (κ1) is 11.9. The summed E-state index contributed by atoms with van der Waals surface area (Å²) in [6.07, 6.45) is 1.29. The van der Waals surface area contributed by atoms with Crippen molar-refractivity contribution in [1.82, 2.24) is 0 Å². The van der Waals surface area contributed by atoms with Crippen molar-refractivity contribution in [2.75, 3.05) is 11.9 Å². The van der Waals surface area contributed by atoms with Gasteiger partial charge in [-0.1, -0.05) is 13.8 Å². The van der Waals surface area contributed by atoms with Gasteiger partial charge in [0, 0.05) is 35.7 Å². The van der Waals surface area contributed by atoms with Crippen LogP contribution in [0.5, 0.6) is 0 Å². The molecule has 1 aromatic carbocycles. The van der Waals surface area contributed by atoms with Gasteiger partial charge < -0.3 is 10.1 Å². The van der Waals surface area contributed by atoms with Crippen LogP contribution in [0.15, 0.2) is 18.2 Å². The Morgan fingerprint density at radius 3 is 2.56 bits per heavy atom. The summed E-state index contributed by atoms with van der Waals surface area (Å²) in [6, 6.07) is 3.77. The van der Waals surface area contributed by atoms with Crippen molar-refractivity contribution in [3.8, 4) is 0 Å². The molecule has 0 radical (unpaired) electrons. The fourth-order valence-corrected chi connectivity index (χ4v) is 3.43. The van der Waals surface area contributed by atoms with Gasteiger partial charge in [-0.3, -0.25) is 0 Å². The molecule has 1 N–H and O–H groups in total. The van der Waals surface area contributed by atoms with Crippen LogP contribution in [0.25, 0.3) is 0 Å². The van der Waals surface area contributed by atoms with Crippen molar-refractivity contribution >= 4 is 5.69 Å². The van der Waals surface area contributed by atoms with Crippen LogP contribution in [0.4, 0.5) is 14.5 Å². The zero-order valence-corrected chi connectivity index (χ0v) is 10.5. The zero-order chi connectivity index (χ0) is 12.9. The molecule has 1 saturated heterocycles. The van der Waals surface area contributed by atoms with Gasteiger partial charge in [-0.15, -0.1) is 0 Å². The summed E-state index contributed by atoms with van der Waals surface area (Å²) >= 11 is 0. The van der Waals surface area contributed by atoms with Gasteiger partial charge in [-0.25, -0.2) is 8.78 Å². The van der Waals surface area contributed by atoms with E-state index in [1.165, 1.54) is 12.1 Å². The van der Waals surface area contributed by atoms with E-state index in [0.29, 0.717) is 11.6 Å². The minimum Gasteiger partial charge on any atom is -0.381 e. The SMILES string of the molecule is CC1(C)C(Nc2cc(F)cc(F)c2)C2CCOC21.